The van der Waals surface area contributed by atoms with Gasteiger partial charge in [0.1, 0.15) is 0 Å². The van der Waals surface area contributed by atoms with E-state index in [0.717, 1.165) is 19.3 Å². The Balaban J connectivity index is 0.000000243. The standard InChI is InChI=1S/C10H21NO2.C9H19NO/c1-5-10(4)7-8(12)6-9(2,3)11(10)13;1-8(2)6-5-7-9(3,4)10(8)11/h8,12-13H,5-7H2,1-4H3;11H,5-7H2,1-4H3. The number of hydroxylamine groups is 4. The summed E-state index contributed by atoms with van der Waals surface area (Å²) in [4.78, 5) is 0. The van der Waals surface area contributed by atoms with E-state index in [9.17, 15) is 15.5 Å². The van der Waals surface area contributed by atoms with E-state index in [-0.39, 0.29) is 28.3 Å². The lowest BCUT2D eigenvalue weighted by atomic mass is 9.78. The largest absolute Gasteiger partial charge is 0.393 e. The zero-order chi connectivity index (χ0) is 19.0. The highest BCUT2D eigenvalue weighted by Crippen LogP contribution is 2.38. The van der Waals surface area contributed by atoms with Crippen LogP contribution in [0.5, 0.6) is 0 Å². The zero-order valence-corrected chi connectivity index (χ0v) is 17.1. The zero-order valence-electron chi connectivity index (χ0n) is 17.1. The van der Waals surface area contributed by atoms with Crippen molar-refractivity contribution in [2.75, 3.05) is 0 Å². The fourth-order valence-corrected chi connectivity index (χ4v) is 4.34. The van der Waals surface area contributed by atoms with Crippen molar-refractivity contribution in [1.82, 2.24) is 10.1 Å². The summed E-state index contributed by atoms with van der Waals surface area (Å²) in [6, 6.07) is 0. The van der Waals surface area contributed by atoms with E-state index in [4.69, 9.17) is 0 Å². The Labute approximate surface area is 148 Å². The molecular weight excluding hydrogens is 304 g/mol. The van der Waals surface area contributed by atoms with Gasteiger partial charge in [0.25, 0.3) is 0 Å². The summed E-state index contributed by atoms with van der Waals surface area (Å²) in [6.45, 7) is 16.3. The van der Waals surface area contributed by atoms with Crippen molar-refractivity contribution in [2.45, 2.75) is 122 Å². The highest BCUT2D eigenvalue weighted by atomic mass is 16.5. The van der Waals surface area contributed by atoms with Crippen LogP contribution in [-0.4, -0.2) is 53.9 Å². The lowest BCUT2D eigenvalue weighted by molar-refractivity contribution is -0.263. The molecule has 0 aromatic heterocycles. The molecule has 2 saturated heterocycles. The molecule has 24 heavy (non-hydrogen) atoms. The number of aliphatic hydroxyl groups excluding tert-OH is 1. The molecule has 0 saturated carbocycles. The van der Waals surface area contributed by atoms with Crippen LogP contribution in [-0.2, 0) is 0 Å². The molecule has 0 aliphatic carbocycles. The first-order valence-corrected chi connectivity index (χ1v) is 9.34. The predicted octanol–water partition coefficient (Wildman–Crippen LogP) is 4.20. The quantitative estimate of drug-likeness (QED) is 0.665. The van der Waals surface area contributed by atoms with Gasteiger partial charge in [-0.05, 0) is 87.0 Å². The Kier molecular flexibility index (Phi) is 6.55. The highest BCUT2D eigenvalue weighted by Gasteiger charge is 2.46. The molecule has 0 bridgehead atoms. The number of piperidine rings is 2. The molecule has 0 spiro atoms. The smallest absolute Gasteiger partial charge is 0.0577 e. The minimum atomic E-state index is -0.317. The molecule has 2 aliphatic heterocycles. The number of nitrogens with zero attached hydrogens (tertiary/aromatic N) is 2. The lowest BCUT2D eigenvalue weighted by Crippen LogP contribution is -2.61. The maximum absolute atomic E-state index is 10.00. The average Bonchev–Trinajstić information content (AvgIpc) is 2.42. The molecule has 5 heteroatoms. The summed E-state index contributed by atoms with van der Waals surface area (Å²) in [6.07, 6.45) is 5.26. The molecule has 2 fully saturated rings. The van der Waals surface area contributed by atoms with Crippen LogP contribution in [0.2, 0.25) is 0 Å². The van der Waals surface area contributed by atoms with Crippen LogP contribution in [0.15, 0.2) is 0 Å². The van der Waals surface area contributed by atoms with Gasteiger partial charge in [-0.3, -0.25) is 0 Å². The Morgan fingerprint density at radius 2 is 1.25 bits per heavy atom. The van der Waals surface area contributed by atoms with Gasteiger partial charge in [-0.2, -0.15) is 10.1 Å². The van der Waals surface area contributed by atoms with Crippen LogP contribution in [0.4, 0.5) is 0 Å². The molecule has 2 rings (SSSR count). The monoisotopic (exact) mass is 344 g/mol. The second kappa shape index (κ2) is 7.20. The first-order chi connectivity index (χ1) is 10.7. The van der Waals surface area contributed by atoms with Gasteiger partial charge in [-0.15, -0.1) is 0 Å². The van der Waals surface area contributed by atoms with Gasteiger partial charge in [0.15, 0.2) is 0 Å². The summed E-state index contributed by atoms with van der Waals surface area (Å²) in [7, 11) is 0. The fraction of sp³-hybridized carbons (Fsp3) is 1.00. The molecule has 0 amide bonds. The summed E-state index contributed by atoms with van der Waals surface area (Å²) < 4.78 is 0. The van der Waals surface area contributed by atoms with Crippen LogP contribution >= 0.6 is 0 Å². The summed E-state index contributed by atoms with van der Waals surface area (Å²) in [5.41, 5.74) is -0.674. The van der Waals surface area contributed by atoms with Gasteiger partial charge < -0.3 is 15.5 Å². The lowest BCUT2D eigenvalue weighted by Gasteiger charge is -2.51. The van der Waals surface area contributed by atoms with Crippen molar-refractivity contribution in [1.29, 1.82) is 0 Å². The summed E-state index contributed by atoms with van der Waals surface area (Å²) >= 11 is 0. The molecular formula is C19H40N2O3. The number of aliphatic hydroxyl groups is 1. The second-order valence-electron chi connectivity index (χ2n) is 9.83. The van der Waals surface area contributed by atoms with Crippen molar-refractivity contribution >= 4 is 0 Å². The average molecular weight is 345 g/mol. The molecule has 0 aromatic carbocycles. The molecule has 5 nitrogen and oxygen atoms in total. The Morgan fingerprint density at radius 3 is 1.62 bits per heavy atom. The maximum Gasteiger partial charge on any atom is 0.0577 e. The number of hydrogen-bond donors (Lipinski definition) is 3. The third-order valence-electron chi connectivity index (χ3n) is 5.98. The Morgan fingerprint density at radius 1 is 0.792 bits per heavy atom. The normalized spacial score (nSPS) is 35.9. The maximum atomic E-state index is 10.00. The first-order valence-electron chi connectivity index (χ1n) is 9.34. The van der Waals surface area contributed by atoms with Gasteiger partial charge in [-0.25, -0.2) is 0 Å². The van der Waals surface area contributed by atoms with Gasteiger partial charge in [0.2, 0.25) is 0 Å². The van der Waals surface area contributed by atoms with Crippen LogP contribution in [0, 0.1) is 0 Å². The van der Waals surface area contributed by atoms with Crippen LogP contribution < -0.4 is 0 Å². The van der Waals surface area contributed by atoms with Crippen LogP contribution in [0.3, 0.4) is 0 Å². The molecule has 2 unspecified atom stereocenters. The molecule has 144 valence electrons. The van der Waals surface area contributed by atoms with E-state index >= 15 is 0 Å². The van der Waals surface area contributed by atoms with E-state index in [1.165, 1.54) is 16.5 Å². The third-order valence-corrected chi connectivity index (χ3v) is 5.98. The minimum Gasteiger partial charge on any atom is -0.393 e. The predicted molar refractivity (Wildman–Crippen MR) is 97.3 cm³/mol. The number of hydrogen-bond acceptors (Lipinski definition) is 5. The molecule has 3 N–H and O–H groups in total. The van der Waals surface area contributed by atoms with Gasteiger partial charge in [0, 0.05) is 22.2 Å². The van der Waals surface area contributed by atoms with E-state index in [2.05, 4.69) is 27.7 Å². The molecule has 2 aliphatic rings. The van der Waals surface area contributed by atoms with Gasteiger partial charge in [-0.1, -0.05) is 6.92 Å². The van der Waals surface area contributed by atoms with E-state index < -0.39 is 0 Å². The molecule has 2 heterocycles. The topological polar surface area (TPSA) is 67.2 Å². The van der Waals surface area contributed by atoms with Crippen LogP contribution in [0.1, 0.15) is 93.9 Å². The van der Waals surface area contributed by atoms with E-state index in [1.807, 2.05) is 27.7 Å². The van der Waals surface area contributed by atoms with Crippen molar-refractivity contribution in [3.63, 3.8) is 0 Å². The first kappa shape index (κ1) is 21.8. The van der Waals surface area contributed by atoms with Gasteiger partial charge in [0.05, 0.1) is 6.10 Å². The molecule has 0 radical (unpaired) electrons. The second-order valence-corrected chi connectivity index (χ2v) is 9.83. The highest BCUT2D eigenvalue weighted by molar-refractivity contribution is 4.97. The minimum absolute atomic E-state index is 0.0399. The Bertz CT molecular complexity index is 407. The van der Waals surface area contributed by atoms with Crippen LogP contribution in [0.25, 0.3) is 0 Å². The van der Waals surface area contributed by atoms with E-state index in [0.29, 0.717) is 12.8 Å². The van der Waals surface area contributed by atoms with Crippen molar-refractivity contribution < 1.29 is 15.5 Å². The summed E-state index contributed by atoms with van der Waals surface area (Å²) in [5, 5.41) is 32.4. The molecule has 2 atom stereocenters. The summed E-state index contributed by atoms with van der Waals surface area (Å²) in [5.74, 6) is 0. The van der Waals surface area contributed by atoms with Crippen molar-refractivity contribution in [3.8, 4) is 0 Å². The third kappa shape index (κ3) is 4.70. The fourth-order valence-electron chi connectivity index (χ4n) is 4.34. The van der Waals surface area contributed by atoms with Crippen molar-refractivity contribution in [3.05, 3.63) is 0 Å². The SMILES string of the molecule is CC1(C)CCCC(C)(C)N1O.CCC1(C)CC(O)CC(C)(C)N1O. The van der Waals surface area contributed by atoms with Crippen molar-refractivity contribution in [2.24, 2.45) is 0 Å². The van der Waals surface area contributed by atoms with Gasteiger partial charge >= 0.3 is 0 Å². The molecule has 0 aromatic rings. The Hall–Kier alpha value is -0.200. The van der Waals surface area contributed by atoms with E-state index in [1.54, 1.807) is 0 Å². The number of rotatable bonds is 1.